The Morgan fingerprint density at radius 2 is 1.90 bits per heavy atom. The van der Waals surface area contributed by atoms with Crippen molar-refractivity contribution in [2.75, 3.05) is 5.75 Å². The summed E-state index contributed by atoms with van der Waals surface area (Å²) < 4.78 is 7.10. The molecule has 2 aromatic carbocycles. The van der Waals surface area contributed by atoms with E-state index in [1.807, 2.05) is 36.4 Å². The summed E-state index contributed by atoms with van der Waals surface area (Å²) in [5.41, 5.74) is 3.02. The molecule has 1 unspecified atom stereocenters. The topological polar surface area (TPSA) is 88.2 Å². The molecule has 31 heavy (non-hydrogen) atoms. The van der Waals surface area contributed by atoms with Gasteiger partial charge in [-0.25, -0.2) is 0 Å². The predicted molar refractivity (Wildman–Crippen MR) is 116 cm³/mol. The Kier molecular flexibility index (Phi) is 4.08. The van der Waals surface area contributed by atoms with Gasteiger partial charge in [-0.05, 0) is 35.1 Å². The van der Waals surface area contributed by atoms with Crippen LogP contribution in [-0.4, -0.2) is 21.4 Å². The van der Waals surface area contributed by atoms with Crippen LogP contribution in [0.2, 0.25) is 0 Å². The van der Waals surface area contributed by atoms with Gasteiger partial charge in [0.15, 0.2) is 5.76 Å². The maximum absolute atomic E-state index is 12.9. The van der Waals surface area contributed by atoms with Crippen molar-refractivity contribution in [1.82, 2.24) is 9.72 Å². The zero-order valence-corrected chi connectivity index (χ0v) is 17.2. The second-order valence-electron chi connectivity index (χ2n) is 8.01. The van der Waals surface area contributed by atoms with Crippen LogP contribution in [0.15, 0.2) is 68.9 Å². The minimum atomic E-state index is -1.22. The monoisotopic (exact) mass is 429 g/mol. The minimum Gasteiger partial charge on any atom is -0.548 e. The molecule has 2 aromatic heterocycles. The van der Waals surface area contributed by atoms with Gasteiger partial charge in [-0.15, -0.1) is 11.8 Å². The van der Waals surface area contributed by atoms with Crippen molar-refractivity contribution in [3.63, 3.8) is 0 Å². The number of carbonyl (C=O) groups excluding carboxylic acids is 1. The average Bonchev–Trinajstić information content (AvgIpc) is 3.31. The molecule has 7 heteroatoms. The Morgan fingerprint density at radius 1 is 1.10 bits per heavy atom. The summed E-state index contributed by atoms with van der Waals surface area (Å²) >= 11 is 1.41. The Hall–Kier alpha value is -3.32. The minimum absolute atomic E-state index is 0.302. The summed E-state index contributed by atoms with van der Waals surface area (Å²) in [6.45, 7) is 0. The van der Waals surface area contributed by atoms with Crippen LogP contribution >= 0.6 is 11.8 Å². The SMILES string of the molecule is O=C([O-])C1CSc2c(C3CC3)c(-c3cc(-c4cccc5ccccc45)no3)cc(=O)n21. The second-order valence-corrected chi connectivity index (χ2v) is 9.02. The first kappa shape index (κ1) is 18.4. The first-order valence-corrected chi connectivity index (χ1v) is 11.2. The van der Waals surface area contributed by atoms with Crippen LogP contribution in [0.4, 0.5) is 0 Å². The third-order valence-electron chi connectivity index (χ3n) is 6.03. The Labute approximate surface area is 181 Å². The van der Waals surface area contributed by atoms with E-state index >= 15 is 0 Å². The number of hydrogen-bond acceptors (Lipinski definition) is 6. The molecule has 1 aliphatic heterocycles. The predicted octanol–water partition coefficient (Wildman–Crippen LogP) is 3.60. The quantitative estimate of drug-likeness (QED) is 0.493. The molecule has 3 heterocycles. The van der Waals surface area contributed by atoms with E-state index in [0.717, 1.165) is 39.8 Å². The van der Waals surface area contributed by atoms with E-state index in [0.29, 0.717) is 28.7 Å². The van der Waals surface area contributed by atoms with Gasteiger partial charge in [0.05, 0.1) is 17.0 Å². The summed E-state index contributed by atoms with van der Waals surface area (Å²) in [5.74, 6) is -0.0853. The molecule has 1 aliphatic carbocycles. The van der Waals surface area contributed by atoms with Gasteiger partial charge in [0, 0.05) is 29.0 Å². The Morgan fingerprint density at radius 3 is 2.71 bits per heavy atom. The van der Waals surface area contributed by atoms with E-state index < -0.39 is 12.0 Å². The highest BCUT2D eigenvalue weighted by molar-refractivity contribution is 7.99. The van der Waals surface area contributed by atoms with Crippen molar-refractivity contribution in [3.8, 4) is 22.6 Å². The van der Waals surface area contributed by atoms with Crippen LogP contribution in [-0.2, 0) is 4.79 Å². The van der Waals surface area contributed by atoms with E-state index in [1.54, 1.807) is 0 Å². The fourth-order valence-corrected chi connectivity index (χ4v) is 5.80. The molecular weight excluding hydrogens is 412 g/mol. The van der Waals surface area contributed by atoms with E-state index in [9.17, 15) is 14.7 Å². The fraction of sp³-hybridized carbons (Fsp3) is 0.208. The Balaban J connectivity index is 1.51. The molecule has 1 saturated carbocycles. The lowest BCUT2D eigenvalue weighted by Crippen LogP contribution is -2.37. The molecule has 1 fully saturated rings. The molecule has 154 valence electrons. The van der Waals surface area contributed by atoms with E-state index in [-0.39, 0.29) is 5.56 Å². The number of fused-ring (bicyclic) bond motifs is 2. The maximum atomic E-state index is 12.9. The number of thioether (sulfide) groups is 1. The van der Waals surface area contributed by atoms with Crippen LogP contribution < -0.4 is 10.7 Å². The number of pyridine rings is 1. The number of carboxylic acids is 1. The zero-order valence-electron chi connectivity index (χ0n) is 16.4. The highest BCUT2D eigenvalue weighted by Crippen LogP contribution is 2.50. The molecule has 0 saturated heterocycles. The molecule has 0 bridgehead atoms. The molecule has 0 N–H and O–H groups in total. The van der Waals surface area contributed by atoms with Crippen LogP contribution in [0.1, 0.15) is 30.4 Å². The number of aromatic nitrogens is 2. The van der Waals surface area contributed by atoms with Gasteiger partial charge in [-0.1, -0.05) is 47.6 Å². The molecule has 2 aliphatic rings. The fourth-order valence-electron chi connectivity index (χ4n) is 4.41. The smallest absolute Gasteiger partial charge is 0.252 e. The van der Waals surface area contributed by atoms with Crippen molar-refractivity contribution in [1.29, 1.82) is 0 Å². The van der Waals surface area contributed by atoms with Gasteiger partial charge >= 0.3 is 0 Å². The van der Waals surface area contributed by atoms with Gasteiger partial charge in [-0.3, -0.25) is 9.36 Å². The van der Waals surface area contributed by atoms with Crippen LogP contribution in [0.3, 0.4) is 0 Å². The molecule has 6 nitrogen and oxygen atoms in total. The normalized spacial score (nSPS) is 17.7. The highest BCUT2D eigenvalue weighted by Gasteiger charge is 2.36. The van der Waals surface area contributed by atoms with Gasteiger partial charge in [0.1, 0.15) is 5.69 Å². The molecule has 1 atom stereocenters. The first-order chi connectivity index (χ1) is 15.1. The number of carbonyl (C=O) groups is 1. The van der Waals surface area contributed by atoms with Crippen molar-refractivity contribution in [2.45, 2.75) is 29.8 Å². The van der Waals surface area contributed by atoms with Crippen LogP contribution in [0.25, 0.3) is 33.4 Å². The number of hydrogen-bond donors (Lipinski definition) is 0. The van der Waals surface area contributed by atoms with E-state index in [1.165, 1.54) is 22.4 Å². The zero-order chi connectivity index (χ0) is 21.1. The number of carboxylic acid groups (broad SMARTS) is 1. The van der Waals surface area contributed by atoms with Crippen LogP contribution in [0, 0.1) is 0 Å². The lowest BCUT2D eigenvalue weighted by Gasteiger charge is -2.17. The Bertz CT molecular complexity index is 1410. The van der Waals surface area contributed by atoms with Crippen molar-refractivity contribution < 1.29 is 14.4 Å². The van der Waals surface area contributed by atoms with Crippen molar-refractivity contribution >= 4 is 28.5 Å². The van der Waals surface area contributed by atoms with Gasteiger partial charge in [0.25, 0.3) is 5.56 Å². The number of rotatable bonds is 4. The van der Waals surface area contributed by atoms with Gasteiger partial charge in [0.2, 0.25) is 0 Å². The molecule has 0 amide bonds. The lowest BCUT2D eigenvalue weighted by atomic mass is 10.00. The molecule has 0 spiro atoms. The standard InChI is InChI=1S/C24H18N2O4S/c27-21-10-17(22(14-8-9-14)23-26(21)19(12-31-23)24(28)29)20-11-18(25-30-20)16-7-3-5-13-4-1-2-6-15(13)16/h1-7,10-11,14,19H,8-9,12H2,(H,28,29)/p-1. The molecule has 0 radical (unpaired) electrons. The average molecular weight is 429 g/mol. The van der Waals surface area contributed by atoms with Gasteiger partial charge < -0.3 is 14.4 Å². The first-order valence-electron chi connectivity index (χ1n) is 10.2. The maximum Gasteiger partial charge on any atom is 0.252 e. The number of nitrogens with zero attached hydrogens (tertiary/aromatic N) is 2. The summed E-state index contributed by atoms with van der Waals surface area (Å²) in [4.78, 5) is 24.4. The molecular formula is C24H17N2O4S-. The number of benzene rings is 2. The van der Waals surface area contributed by atoms with Crippen molar-refractivity contribution in [2.24, 2.45) is 0 Å². The highest BCUT2D eigenvalue weighted by atomic mass is 32.2. The summed E-state index contributed by atoms with van der Waals surface area (Å²) in [7, 11) is 0. The second kappa shape index (κ2) is 6.85. The van der Waals surface area contributed by atoms with Crippen molar-refractivity contribution in [3.05, 3.63) is 70.5 Å². The lowest BCUT2D eigenvalue weighted by molar-refractivity contribution is -0.309. The number of aliphatic carboxylic acids is 1. The summed E-state index contributed by atoms with van der Waals surface area (Å²) in [5, 5.41) is 18.7. The molecule has 4 aromatic rings. The third kappa shape index (κ3) is 2.91. The van der Waals surface area contributed by atoms with Crippen LogP contribution in [0.5, 0.6) is 0 Å². The molecule has 6 rings (SSSR count). The van der Waals surface area contributed by atoms with Gasteiger partial charge in [-0.2, -0.15) is 0 Å². The summed E-state index contributed by atoms with van der Waals surface area (Å²) in [6, 6.07) is 16.6. The van der Waals surface area contributed by atoms with E-state index in [4.69, 9.17) is 4.52 Å². The largest absolute Gasteiger partial charge is 0.548 e. The summed E-state index contributed by atoms with van der Waals surface area (Å²) in [6.07, 6.45) is 2.03. The third-order valence-corrected chi connectivity index (χ3v) is 7.21. The van der Waals surface area contributed by atoms with E-state index in [2.05, 4.69) is 17.3 Å².